The summed E-state index contributed by atoms with van der Waals surface area (Å²) in [6.45, 7) is 2.83. The van der Waals surface area contributed by atoms with Crippen molar-refractivity contribution in [1.29, 1.82) is 0 Å². The number of aliphatic carboxylic acids is 1. The molecule has 0 fully saturated rings. The third-order valence-electron chi connectivity index (χ3n) is 3.31. The maximum absolute atomic E-state index is 10.5. The molecule has 2 N–H and O–H groups in total. The zero-order chi connectivity index (χ0) is 13.7. The lowest BCUT2D eigenvalue weighted by Crippen LogP contribution is -2.20. The molecule has 2 aromatic carbocycles. The lowest BCUT2D eigenvalue weighted by atomic mass is 9.99. The van der Waals surface area contributed by atoms with E-state index in [0.29, 0.717) is 6.42 Å². The number of benzene rings is 2. The third-order valence-corrected chi connectivity index (χ3v) is 3.31. The van der Waals surface area contributed by atoms with E-state index in [4.69, 9.17) is 5.11 Å². The zero-order valence-corrected chi connectivity index (χ0v) is 11.1. The van der Waals surface area contributed by atoms with Gasteiger partial charge in [0.15, 0.2) is 0 Å². The molecular formula is C16H19NO2. The van der Waals surface area contributed by atoms with Crippen molar-refractivity contribution in [2.75, 3.05) is 6.54 Å². The highest BCUT2D eigenvalue weighted by Gasteiger charge is 2.08. The molecule has 0 amide bonds. The van der Waals surface area contributed by atoms with Crippen LogP contribution in [0.1, 0.15) is 31.4 Å². The first kappa shape index (κ1) is 13.6. The van der Waals surface area contributed by atoms with Gasteiger partial charge in [-0.25, -0.2) is 0 Å². The molecule has 0 saturated carbocycles. The van der Waals surface area contributed by atoms with E-state index in [1.54, 1.807) is 0 Å². The topological polar surface area (TPSA) is 49.3 Å². The van der Waals surface area contributed by atoms with E-state index in [1.165, 1.54) is 16.3 Å². The van der Waals surface area contributed by atoms with Gasteiger partial charge in [-0.15, -0.1) is 0 Å². The van der Waals surface area contributed by atoms with Crippen LogP contribution in [-0.4, -0.2) is 17.6 Å². The van der Waals surface area contributed by atoms with Gasteiger partial charge in [-0.05, 0) is 36.2 Å². The molecule has 0 saturated heterocycles. The number of carbonyl (C=O) groups is 1. The molecule has 3 nitrogen and oxygen atoms in total. The molecule has 0 radical (unpaired) electrons. The fourth-order valence-corrected chi connectivity index (χ4v) is 2.30. The molecule has 0 bridgehead atoms. The van der Waals surface area contributed by atoms with Gasteiger partial charge in [0, 0.05) is 12.5 Å². The molecule has 100 valence electrons. The predicted octanol–water partition coefficient (Wildman–Crippen LogP) is 3.36. The fourth-order valence-electron chi connectivity index (χ4n) is 2.30. The highest BCUT2D eigenvalue weighted by atomic mass is 16.4. The fraction of sp³-hybridized carbons (Fsp3) is 0.312. The normalized spacial score (nSPS) is 12.5. The minimum Gasteiger partial charge on any atom is -0.481 e. The van der Waals surface area contributed by atoms with E-state index in [1.807, 2.05) is 12.1 Å². The molecular weight excluding hydrogens is 238 g/mol. The van der Waals surface area contributed by atoms with Crippen molar-refractivity contribution in [2.45, 2.75) is 25.8 Å². The summed E-state index contributed by atoms with van der Waals surface area (Å²) in [7, 11) is 0. The Morgan fingerprint density at radius 2 is 1.95 bits per heavy atom. The van der Waals surface area contributed by atoms with Crippen molar-refractivity contribution in [3.8, 4) is 0 Å². The summed E-state index contributed by atoms with van der Waals surface area (Å²) < 4.78 is 0. The quantitative estimate of drug-likeness (QED) is 0.780. The van der Waals surface area contributed by atoms with Crippen LogP contribution >= 0.6 is 0 Å². The van der Waals surface area contributed by atoms with E-state index in [9.17, 15) is 4.79 Å². The van der Waals surface area contributed by atoms with Crippen molar-refractivity contribution < 1.29 is 9.90 Å². The summed E-state index contributed by atoms with van der Waals surface area (Å²) in [4.78, 5) is 10.5. The maximum Gasteiger partial charge on any atom is 0.303 e. The van der Waals surface area contributed by atoms with E-state index < -0.39 is 5.97 Å². The van der Waals surface area contributed by atoms with Crippen LogP contribution in [0.2, 0.25) is 0 Å². The van der Waals surface area contributed by atoms with Crippen LogP contribution in [0.15, 0.2) is 42.5 Å². The Hall–Kier alpha value is -1.87. The Morgan fingerprint density at radius 3 is 2.74 bits per heavy atom. The number of nitrogens with one attached hydrogen (secondary N) is 1. The van der Waals surface area contributed by atoms with Gasteiger partial charge in [0.2, 0.25) is 0 Å². The maximum atomic E-state index is 10.5. The summed E-state index contributed by atoms with van der Waals surface area (Å²) >= 11 is 0. The highest BCUT2D eigenvalue weighted by molar-refractivity contribution is 5.86. The molecule has 0 aromatic heterocycles. The van der Waals surface area contributed by atoms with Gasteiger partial charge >= 0.3 is 5.97 Å². The third kappa shape index (κ3) is 3.55. The van der Waals surface area contributed by atoms with Gasteiger partial charge < -0.3 is 10.4 Å². The van der Waals surface area contributed by atoms with E-state index in [-0.39, 0.29) is 12.5 Å². The average molecular weight is 257 g/mol. The van der Waals surface area contributed by atoms with Crippen LogP contribution in [0.25, 0.3) is 10.8 Å². The molecule has 0 spiro atoms. The monoisotopic (exact) mass is 257 g/mol. The summed E-state index contributed by atoms with van der Waals surface area (Å²) in [6, 6.07) is 14.8. The van der Waals surface area contributed by atoms with Crippen LogP contribution in [0.5, 0.6) is 0 Å². The Morgan fingerprint density at radius 1 is 1.21 bits per heavy atom. The highest BCUT2D eigenvalue weighted by Crippen LogP contribution is 2.23. The number of rotatable bonds is 6. The van der Waals surface area contributed by atoms with Crippen LogP contribution in [0, 0.1) is 0 Å². The summed E-state index contributed by atoms with van der Waals surface area (Å²) in [5.74, 6) is -0.736. The minimum absolute atomic E-state index is 0.218. The van der Waals surface area contributed by atoms with Gasteiger partial charge in [-0.1, -0.05) is 42.5 Å². The summed E-state index contributed by atoms with van der Waals surface area (Å²) in [5.41, 5.74) is 1.26. The largest absolute Gasteiger partial charge is 0.481 e. The van der Waals surface area contributed by atoms with E-state index >= 15 is 0 Å². The Bertz CT molecular complexity index is 560. The smallest absolute Gasteiger partial charge is 0.303 e. The number of carboxylic acids is 1. The second-order valence-corrected chi connectivity index (χ2v) is 4.74. The number of fused-ring (bicyclic) bond motifs is 1. The SMILES string of the molecule is CC(NCCCC(=O)O)c1cccc2ccccc12. The lowest BCUT2D eigenvalue weighted by molar-refractivity contribution is -0.137. The van der Waals surface area contributed by atoms with Crippen LogP contribution in [-0.2, 0) is 4.79 Å². The molecule has 1 atom stereocenters. The molecule has 0 aliphatic heterocycles. The van der Waals surface area contributed by atoms with E-state index in [0.717, 1.165) is 6.54 Å². The standard InChI is InChI=1S/C16H19NO2/c1-12(17-11-5-10-16(18)19)14-9-4-7-13-6-2-3-8-15(13)14/h2-4,6-9,12,17H,5,10-11H2,1H3,(H,18,19). The number of carboxylic acid groups (broad SMARTS) is 1. The van der Waals surface area contributed by atoms with Crippen molar-refractivity contribution in [1.82, 2.24) is 5.32 Å². The first-order valence-electron chi connectivity index (χ1n) is 6.61. The summed E-state index contributed by atoms with van der Waals surface area (Å²) in [6.07, 6.45) is 0.875. The predicted molar refractivity (Wildman–Crippen MR) is 77.2 cm³/mol. The molecule has 3 heteroatoms. The van der Waals surface area contributed by atoms with Crippen LogP contribution in [0.3, 0.4) is 0 Å². The first-order chi connectivity index (χ1) is 9.18. The number of hydrogen-bond acceptors (Lipinski definition) is 2. The first-order valence-corrected chi connectivity index (χ1v) is 6.61. The van der Waals surface area contributed by atoms with Crippen molar-refractivity contribution >= 4 is 16.7 Å². The molecule has 0 aliphatic rings. The lowest BCUT2D eigenvalue weighted by Gasteiger charge is -2.16. The Balaban J connectivity index is 2.05. The number of hydrogen-bond donors (Lipinski definition) is 2. The minimum atomic E-state index is -0.736. The van der Waals surface area contributed by atoms with Gasteiger partial charge in [0.05, 0.1) is 0 Å². The van der Waals surface area contributed by atoms with Crippen molar-refractivity contribution in [2.24, 2.45) is 0 Å². The molecule has 1 unspecified atom stereocenters. The zero-order valence-electron chi connectivity index (χ0n) is 11.1. The molecule has 2 rings (SSSR count). The van der Waals surface area contributed by atoms with Crippen LogP contribution < -0.4 is 5.32 Å². The van der Waals surface area contributed by atoms with Gasteiger partial charge in [0.1, 0.15) is 0 Å². The van der Waals surface area contributed by atoms with E-state index in [2.05, 4.69) is 42.6 Å². The van der Waals surface area contributed by atoms with Gasteiger partial charge in [-0.3, -0.25) is 4.79 Å². The molecule has 0 heterocycles. The Labute approximate surface area is 113 Å². The molecule has 0 aliphatic carbocycles. The molecule has 19 heavy (non-hydrogen) atoms. The average Bonchev–Trinajstić information content (AvgIpc) is 2.42. The van der Waals surface area contributed by atoms with Gasteiger partial charge in [-0.2, -0.15) is 0 Å². The van der Waals surface area contributed by atoms with Crippen molar-refractivity contribution in [3.05, 3.63) is 48.0 Å². The van der Waals surface area contributed by atoms with Crippen molar-refractivity contribution in [3.63, 3.8) is 0 Å². The Kier molecular flexibility index (Phi) is 4.53. The van der Waals surface area contributed by atoms with Crippen LogP contribution in [0.4, 0.5) is 0 Å². The second-order valence-electron chi connectivity index (χ2n) is 4.74. The second kappa shape index (κ2) is 6.34. The molecule has 2 aromatic rings. The summed E-state index contributed by atoms with van der Waals surface area (Å²) in [5, 5.41) is 14.5. The van der Waals surface area contributed by atoms with Gasteiger partial charge in [0.25, 0.3) is 0 Å².